The van der Waals surface area contributed by atoms with Gasteiger partial charge in [0.05, 0.1) is 18.3 Å². The number of hydrogen-bond donors (Lipinski definition) is 1. The Hall–Kier alpha value is -0.120. The lowest BCUT2D eigenvalue weighted by Crippen LogP contribution is -2.51. The average Bonchev–Trinajstić information content (AvgIpc) is 2.23. The van der Waals surface area contributed by atoms with E-state index in [-0.39, 0.29) is 11.7 Å². The summed E-state index contributed by atoms with van der Waals surface area (Å²) in [5.74, 6) is 0.699. The molecule has 3 heteroatoms. The van der Waals surface area contributed by atoms with E-state index in [4.69, 9.17) is 9.47 Å². The summed E-state index contributed by atoms with van der Waals surface area (Å²) >= 11 is 0. The summed E-state index contributed by atoms with van der Waals surface area (Å²) in [6.07, 6.45) is 2.61. The third kappa shape index (κ3) is 4.81. The first-order valence-electron chi connectivity index (χ1n) is 6.53. The molecule has 0 spiro atoms. The first-order chi connectivity index (χ1) is 7.57. The minimum absolute atomic E-state index is 0.0544. The summed E-state index contributed by atoms with van der Waals surface area (Å²) in [7, 11) is 0. The molecule has 1 N–H and O–H groups in total. The number of morpholine rings is 1. The summed E-state index contributed by atoms with van der Waals surface area (Å²) in [5.41, 5.74) is -0.0544. The Kier molecular flexibility index (Phi) is 5.73. The van der Waals surface area contributed by atoms with E-state index in [0.29, 0.717) is 12.5 Å². The fourth-order valence-corrected chi connectivity index (χ4v) is 2.05. The zero-order valence-electron chi connectivity index (χ0n) is 11.2. The molecule has 0 amide bonds. The highest BCUT2D eigenvalue weighted by molar-refractivity contribution is 4.81. The second-order valence-electron chi connectivity index (χ2n) is 5.35. The van der Waals surface area contributed by atoms with Crippen LogP contribution in [0.1, 0.15) is 40.5 Å². The van der Waals surface area contributed by atoms with E-state index in [2.05, 4.69) is 33.0 Å². The van der Waals surface area contributed by atoms with E-state index in [0.717, 1.165) is 19.7 Å². The molecule has 0 saturated carbocycles. The van der Waals surface area contributed by atoms with Gasteiger partial charge in [0, 0.05) is 19.7 Å². The lowest BCUT2D eigenvalue weighted by molar-refractivity contribution is -0.122. The zero-order valence-corrected chi connectivity index (χ0v) is 11.2. The molecule has 1 saturated heterocycles. The monoisotopic (exact) mass is 229 g/mol. The Morgan fingerprint density at radius 1 is 1.38 bits per heavy atom. The Balaban J connectivity index is 2.17. The van der Waals surface area contributed by atoms with Crippen molar-refractivity contribution in [3.05, 3.63) is 0 Å². The lowest BCUT2D eigenvalue weighted by atomic mass is 10.1. The Morgan fingerprint density at radius 3 is 2.62 bits per heavy atom. The molecule has 0 aliphatic carbocycles. The van der Waals surface area contributed by atoms with Gasteiger partial charge in [-0.25, -0.2) is 0 Å². The topological polar surface area (TPSA) is 30.5 Å². The van der Waals surface area contributed by atoms with Gasteiger partial charge in [0.15, 0.2) is 0 Å². The molecule has 1 aliphatic rings. The SMILES string of the molecule is CCC(CC)COCC1CNCC(C)(C)O1. The van der Waals surface area contributed by atoms with Gasteiger partial charge in [-0.05, 0) is 19.8 Å². The molecule has 1 fully saturated rings. The second-order valence-corrected chi connectivity index (χ2v) is 5.35. The van der Waals surface area contributed by atoms with Crippen LogP contribution in [0, 0.1) is 5.92 Å². The third-order valence-electron chi connectivity index (χ3n) is 3.22. The molecule has 3 nitrogen and oxygen atoms in total. The van der Waals surface area contributed by atoms with Gasteiger partial charge in [0.2, 0.25) is 0 Å². The second kappa shape index (κ2) is 6.58. The van der Waals surface area contributed by atoms with Crippen LogP contribution in [0.4, 0.5) is 0 Å². The average molecular weight is 229 g/mol. The van der Waals surface area contributed by atoms with Gasteiger partial charge in [0.1, 0.15) is 0 Å². The largest absolute Gasteiger partial charge is 0.378 e. The summed E-state index contributed by atoms with van der Waals surface area (Å²) in [6, 6.07) is 0. The van der Waals surface area contributed by atoms with Gasteiger partial charge in [-0.1, -0.05) is 26.7 Å². The number of ether oxygens (including phenoxy) is 2. The summed E-state index contributed by atoms with van der Waals surface area (Å²) in [6.45, 7) is 12.1. The number of rotatable bonds is 6. The van der Waals surface area contributed by atoms with Gasteiger partial charge >= 0.3 is 0 Å². The molecule has 1 aliphatic heterocycles. The highest BCUT2D eigenvalue weighted by atomic mass is 16.5. The molecule has 0 radical (unpaired) electrons. The van der Waals surface area contributed by atoms with Crippen molar-refractivity contribution in [1.29, 1.82) is 0 Å². The smallest absolute Gasteiger partial charge is 0.0940 e. The Labute approximate surface area is 99.9 Å². The maximum atomic E-state index is 5.94. The van der Waals surface area contributed by atoms with E-state index in [1.165, 1.54) is 12.8 Å². The van der Waals surface area contributed by atoms with Crippen molar-refractivity contribution in [3.8, 4) is 0 Å². The standard InChI is InChI=1S/C13H27NO2/c1-5-11(6-2)8-15-9-12-7-14-10-13(3,4)16-12/h11-12,14H,5-10H2,1-4H3. The summed E-state index contributed by atoms with van der Waals surface area (Å²) < 4.78 is 11.7. The van der Waals surface area contributed by atoms with Crippen LogP contribution in [0.5, 0.6) is 0 Å². The summed E-state index contributed by atoms with van der Waals surface area (Å²) in [4.78, 5) is 0. The Bertz CT molecular complexity index is 190. The Morgan fingerprint density at radius 2 is 2.06 bits per heavy atom. The highest BCUT2D eigenvalue weighted by Crippen LogP contribution is 2.16. The van der Waals surface area contributed by atoms with Crippen molar-refractivity contribution < 1.29 is 9.47 Å². The maximum absolute atomic E-state index is 5.94. The molecule has 1 unspecified atom stereocenters. The predicted molar refractivity (Wildman–Crippen MR) is 66.7 cm³/mol. The van der Waals surface area contributed by atoms with E-state index < -0.39 is 0 Å². The highest BCUT2D eigenvalue weighted by Gasteiger charge is 2.28. The third-order valence-corrected chi connectivity index (χ3v) is 3.22. The van der Waals surface area contributed by atoms with Crippen molar-refractivity contribution in [2.75, 3.05) is 26.3 Å². The fraction of sp³-hybridized carbons (Fsp3) is 1.00. The number of nitrogens with one attached hydrogen (secondary N) is 1. The minimum Gasteiger partial charge on any atom is -0.378 e. The van der Waals surface area contributed by atoms with Crippen molar-refractivity contribution >= 4 is 0 Å². The molecule has 1 atom stereocenters. The minimum atomic E-state index is -0.0544. The molecule has 0 aromatic carbocycles. The quantitative estimate of drug-likeness (QED) is 0.757. The fourth-order valence-electron chi connectivity index (χ4n) is 2.05. The maximum Gasteiger partial charge on any atom is 0.0940 e. The van der Waals surface area contributed by atoms with Gasteiger partial charge in [0.25, 0.3) is 0 Å². The van der Waals surface area contributed by atoms with Crippen LogP contribution in [0.3, 0.4) is 0 Å². The van der Waals surface area contributed by atoms with E-state index >= 15 is 0 Å². The van der Waals surface area contributed by atoms with E-state index in [1.807, 2.05) is 0 Å². The zero-order chi connectivity index (χ0) is 12.0. The van der Waals surface area contributed by atoms with E-state index in [9.17, 15) is 0 Å². The van der Waals surface area contributed by atoms with Crippen LogP contribution in [0.2, 0.25) is 0 Å². The van der Waals surface area contributed by atoms with Crippen LogP contribution in [0.15, 0.2) is 0 Å². The predicted octanol–water partition coefficient (Wildman–Crippen LogP) is 2.21. The molecular formula is C13H27NO2. The van der Waals surface area contributed by atoms with Gasteiger partial charge in [-0.15, -0.1) is 0 Å². The van der Waals surface area contributed by atoms with Crippen LogP contribution in [-0.2, 0) is 9.47 Å². The van der Waals surface area contributed by atoms with Crippen molar-refractivity contribution in [2.24, 2.45) is 5.92 Å². The molecular weight excluding hydrogens is 202 g/mol. The van der Waals surface area contributed by atoms with E-state index in [1.54, 1.807) is 0 Å². The summed E-state index contributed by atoms with van der Waals surface area (Å²) in [5, 5.41) is 3.39. The molecule has 1 heterocycles. The van der Waals surface area contributed by atoms with Crippen molar-refractivity contribution in [2.45, 2.75) is 52.2 Å². The van der Waals surface area contributed by atoms with Crippen LogP contribution >= 0.6 is 0 Å². The first kappa shape index (κ1) is 13.9. The lowest BCUT2D eigenvalue weighted by Gasteiger charge is -2.36. The van der Waals surface area contributed by atoms with Gasteiger partial charge < -0.3 is 14.8 Å². The molecule has 0 aromatic rings. The number of hydrogen-bond acceptors (Lipinski definition) is 3. The van der Waals surface area contributed by atoms with Crippen molar-refractivity contribution in [3.63, 3.8) is 0 Å². The van der Waals surface area contributed by atoms with Crippen LogP contribution < -0.4 is 5.32 Å². The molecule has 16 heavy (non-hydrogen) atoms. The molecule has 0 aromatic heterocycles. The van der Waals surface area contributed by atoms with Gasteiger partial charge in [-0.2, -0.15) is 0 Å². The van der Waals surface area contributed by atoms with Crippen LogP contribution in [0.25, 0.3) is 0 Å². The normalized spacial score (nSPS) is 24.9. The molecule has 96 valence electrons. The van der Waals surface area contributed by atoms with Crippen molar-refractivity contribution in [1.82, 2.24) is 5.32 Å². The van der Waals surface area contributed by atoms with Gasteiger partial charge in [-0.3, -0.25) is 0 Å². The molecule has 0 bridgehead atoms. The molecule has 1 rings (SSSR count). The first-order valence-corrected chi connectivity index (χ1v) is 6.53. The van der Waals surface area contributed by atoms with Crippen LogP contribution in [-0.4, -0.2) is 38.0 Å².